The molecule has 1 unspecified atom stereocenters. The summed E-state index contributed by atoms with van der Waals surface area (Å²) in [6.07, 6.45) is 0.118. The molecule has 2 N–H and O–H groups in total. The van der Waals surface area contributed by atoms with Crippen LogP contribution in [0.1, 0.15) is 18.9 Å². The van der Waals surface area contributed by atoms with Crippen LogP contribution in [0.4, 0.5) is 4.39 Å². The molecule has 0 bridgehead atoms. The van der Waals surface area contributed by atoms with E-state index in [0.29, 0.717) is 5.56 Å². The predicted molar refractivity (Wildman–Crippen MR) is 53.2 cm³/mol. The van der Waals surface area contributed by atoms with Crippen LogP contribution in [0.5, 0.6) is 0 Å². The van der Waals surface area contributed by atoms with Crippen molar-refractivity contribution in [3.63, 3.8) is 0 Å². The monoisotopic (exact) mass is 212 g/mol. The van der Waals surface area contributed by atoms with Gasteiger partial charge in [-0.15, -0.1) is 0 Å². The Bertz CT molecular complexity index is 362. The Morgan fingerprint density at radius 1 is 1.57 bits per heavy atom. The Kier molecular flexibility index (Phi) is 3.10. The number of rotatable bonds is 2. The number of nitrogens with two attached hydrogens (primary N) is 1. The second kappa shape index (κ2) is 3.95. The Hall–Kier alpha value is -1.11. The van der Waals surface area contributed by atoms with Gasteiger partial charge in [-0.25, -0.2) is 4.39 Å². The topological polar surface area (TPSA) is 49.8 Å². The van der Waals surface area contributed by atoms with E-state index in [1.165, 1.54) is 12.1 Å². The van der Waals surface area contributed by atoms with Crippen molar-refractivity contribution >= 4 is 11.6 Å². The molecular formula is C10H10ClFN2. The lowest BCUT2D eigenvalue weighted by molar-refractivity contribution is 0.501. The summed E-state index contributed by atoms with van der Waals surface area (Å²) in [4.78, 5) is 0. The molecule has 0 aliphatic rings. The molecule has 0 aliphatic carbocycles. The van der Waals surface area contributed by atoms with Gasteiger partial charge in [0.05, 0.1) is 18.0 Å². The van der Waals surface area contributed by atoms with E-state index in [9.17, 15) is 4.39 Å². The van der Waals surface area contributed by atoms with Crippen LogP contribution in [0.3, 0.4) is 0 Å². The van der Waals surface area contributed by atoms with Crippen LogP contribution < -0.4 is 5.73 Å². The molecule has 74 valence electrons. The first-order valence-corrected chi connectivity index (χ1v) is 4.46. The molecule has 0 amide bonds. The van der Waals surface area contributed by atoms with Gasteiger partial charge in [0.2, 0.25) is 0 Å². The van der Waals surface area contributed by atoms with Gasteiger partial charge < -0.3 is 5.73 Å². The van der Waals surface area contributed by atoms with Crippen molar-refractivity contribution in [3.8, 4) is 6.07 Å². The van der Waals surface area contributed by atoms with Gasteiger partial charge in [-0.2, -0.15) is 5.26 Å². The summed E-state index contributed by atoms with van der Waals surface area (Å²) in [6.45, 7) is 1.67. The number of nitrogens with zero attached hydrogens (tertiary/aromatic N) is 1. The second-order valence-electron chi connectivity index (χ2n) is 3.41. The molecule has 1 aromatic rings. The van der Waals surface area contributed by atoms with Crippen molar-refractivity contribution in [3.05, 3.63) is 34.6 Å². The number of halogens is 2. The van der Waals surface area contributed by atoms with E-state index in [0.717, 1.165) is 0 Å². The third-order valence-electron chi connectivity index (χ3n) is 1.97. The van der Waals surface area contributed by atoms with Crippen molar-refractivity contribution in [1.82, 2.24) is 0 Å². The van der Waals surface area contributed by atoms with Crippen LogP contribution in [0, 0.1) is 17.1 Å². The average Bonchev–Trinajstić information content (AvgIpc) is 2.02. The molecule has 0 spiro atoms. The minimum atomic E-state index is -0.861. The summed E-state index contributed by atoms with van der Waals surface area (Å²) in [7, 11) is 0. The second-order valence-corrected chi connectivity index (χ2v) is 3.85. The van der Waals surface area contributed by atoms with Crippen LogP contribution in [-0.4, -0.2) is 0 Å². The lowest BCUT2D eigenvalue weighted by Gasteiger charge is -2.22. The summed E-state index contributed by atoms with van der Waals surface area (Å²) >= 11 is 5.68. The van der Waals surface area contributed by atoms with Gasteiger partial charge in [0.15, 0.2) is 0 Å². The summed E-state index contributed by atoms with van der Waals surface area (Å²) in [6, 6.07) is 6.02. The van der Waals surface area contributed by atoms with E-state index < -0.39 is 11.4 Å². The molecule has 0 saturated carbocycles. The van der Waals surface area contributed by atoms with E-state index in [-0.39, 0.29) is 11.4 Å². The van der Waals surface area contributed by atoms with Gasteiger partial charge in [-0.1, -0.05) is 11.6 Å². The maximum Gasteiger partial charge on any atom is 0.125 e. The highest BCUT2D eigenvalue weighted by Gasteiger charge is 2.21. The lowest BCUT2D eigenvalue weighted by Crippen LogP contribution is -2.32. The van der Waals surface area contributed by atoms with Gasteiger partial charge in [-0.05, 0) is 30.7 Å². The summed E-state index contributed by atoms with van der Waals surface area (Å²) in [5.41, 5.74) is 5.51. The average molecular weight is 213 g/mol. The molecular weight excluding hydrogens is 203 g/mol. The van der Waals surface area contributed by atoms with Crippen LogP contribution in [0.25, 0.3) is 0 Å². The fourth-order valence-corrected chi connectivity index (χ4v) is 1.37. The first-order chi connectivity index (χ1) is 6.45. The zero-order valence-corrected chi connectivity index (χ0v) is 8.48. The highest BCUT2D eigenvalue weighted by Crippen LogP contribution is 2.25. The molecule has 1 rings (SSSR count). The van der Waals surface area contributed by atoms with Crippen molar-refractivity contribution in [2.75, 3.05) is 0 Å². The van der Waals surface area contributed by atoms with Crippen LogP contribution in [-0.2, 0) is 5.54 Å². The number of nitriles is 1. The SMILES string of the molecule is CC(N)(CC#N)c1cc(F)cc(Cl)c1. The molecule has 0 saturated heterocycles. The van der Waals surface area contributed by atoms with Gasteiger partial charge in [0.1, 0.15) is 5.82 Å². The van der Waals surface area contributed by atoms with Crippen molar-refractivity contribution in [2.24, 2.45) is 5.73 Å². The Balaban J connectivity index is 3.13. The van der Waals surface area contributed by atoms with Gasteiger partial charge in [0.25, 0.3) is 0 Å². The van der Waals surface area contributed by atoms with Crippen molar-refractivity contribution < 1.29 is 4.39 Å². The minimum absolute atomic E-state index is 0.118. The normalized spacial score (nSPS) is 14.5. The lowest BCUT2D eigenvalue weighted by atomic mass is 9.90. The maximum atomic E-state index is 13.0. The zero-order chi connectivity index (χ0) is 10.8. The van der Waals surface area contributed by atoms with Crippen LogP contribution in [0.15, 0.2) is 18.2 Å². The van der Waals surface area contributed by atoms with Crippen molar-refractivity contribution in [2.45, 2.75) is 18.9 Å². The van der Waals surface area contributed by atoms with E-state index in [1.54, 1.807) is 13.0 Å². The summed E-state index contributed by atoms with van der Waals surface area (Å²) < 4.78 is 13.0. The zero-order valence-electron chi connectivity index (χ0n) is 7.72. The highest BCUT2D eigenvalue weighted by molar-refractivity contribution is 6.30. The van der Waals surface area contributed by atoms with E-state index >= 15 is 0 Å². The molecule has 1 atom stereocenters. The quantitative estimate of drug-likeness (QED) is 0.819. The van der Waals surface area contributed by atoms with E-state index in [1.807, 2.05) is 6.07 Å². The van der Waals surface area contributed by atoms with Gasteiger partial charge in [-0.3, -0.25) is 0 Å². The number of benzene rings is 1. The number of hydrogen-bond donors (Lipinski definition) is 1. The fraction of sp³-hybridized carbons (Fsp3) is 0.300. The Morgan fingerprint density at radius 3 is 2.71 bits per heavy atom. The third-order valence-corrected chi connectivity index (χ3v) is 2.19. The van der Waals surface area contributed by atoms with E-state index in [4.69, 9.17) is 22.6 Å². The molecule has 1 aromatic carbocycles. The first kappa shape index (κ1) is 11.0. The van der Waals surface area contributed by atoms with Crippen LogP contribution >= 0.6 is 11.6 Å². The molecule has 14 heavy (non-hydrogen) atoms. The molecule has 0 aromatic heterocycles. The Morgan fingerprint density at radius 2 is 2.21 bits per heavy atom. The standard InChI is InChI=1S/C10H10ClFN2/c1-10(14,2-3-13)7-4-8(11)6-9(12)5-7/h4-6H,2,14H2,1H3. The number of hydrogen-bond acceptors (Lipinski definition) is 2. The van der Waals surface area contributed by atoms with Gasteiger partial charge >= 0.3 is 0 Å². The Labute approximate surface area is 87.1 Å². The van der Waals surface area contributed by atoms with E-state index in [2.05, 4.69) is 0 Å². The molecule has 0 aliphatic heterocycles. The van der Waals surface area contributed by atoms with Gasteiger partial charge in [0, 0.05) is 5.02 Å². The minimum Gasteiger partial charge on any atom is -0.321 e. The maximum absolute atomic E-state index is 13.0. The summed E-state index contributed by atoms with van der Waals surface area (Å²) in [5.74, 6) is -0.442. The highest BCUT2D eigenvalue weighted by atomic mass is 35.5. The molecule has 2 nitrogen and oxygen atoms in total. The molecule has 0 heterocycles. The third kappa shape index (κ3) is 2.44. The summed E-state index contributed by atoms with van der Waals surface area (Å²) in [5, 5.41) is 8.83. The van der Waals surface area contributed by atoms with Crippen molar-refractivity contribution in [1.29, 1.82) is 5.26 Å². The first-order valence-electron chi connectivity index (χ1n) is 4.08. The molecule has 4 heteroatoms. The predicted octanol–water partition coefficient (Wildman–Crippen LogP) is 2.57. The molecule has 0 radical (unpaired) electrons. The smallest absolute Gasteiger partial charge is 0.125 e. The molecule has 0 fully saturated rings. The van der Waals surface area contributed by atoms with Crippen LogP contribution in [0.2, 0.25) is 5.02 Å². The largest absolute Gasteiger partial charge is 0.321 e. The fourth-order valence-electron chi connectivity index (χ4n) is 1.15.